The van der Waals surface area contributed by atoms with E-state index in [1.54, 1.807) is 49.6 Å². The Labute approximate surface area is 206 Å². The smallest absolute Gasteiger partial charge is 0.266 e. The van der Waals surface area contributed by atoms with Crippen LogP contribution in [0.25, 0.3) is 0 Å². The highest BCUT2D eigenvalue weighted by Crippen LogP contribution is 2.50. The Bertz CT molecular complexity index is 1270. The minimum atomic E-state index is -1.02. The summed E-state index contributed by atoms with van der Waals surface area (Å²) in [7, 11) is 3.11. The standard InChI is InChI=1S/C25H20Cl2N2O5/c1-32-16-9-11-20(33-2)17(13-16)22-21-23(34-29(22)14-6-4-3-5-7-14)25(31)28(24(21)30)15-8-10-18(26)19(27)12-15/h3-13,21-23H,1-2H3/t21-,22+,23+/m1/s1. The van der Waals surface area contributed by atoms with Crippen LogP contribution < -0.4 is 19.4 Å². The van der Waals surface area contributed by atoms with E-state index < -0.39 is 29.9 Å². The summed E-state index contributed by atoms with van der Waals surface area (Å²) in [4.78, 5) is 34.5. The van der Waals surface area contributed by atoms with Crippen LogP contribution in [0.5, 0.6) is 11.5 Å². The third-order valence-corrected chi connectivity index (χ3v) is 6.78. The van der Waals surface area contributed by atoms with Gasteiger partial charge in [-0.25, -0.2) is 9.96 Å². The van der Waals surface area contributed by atoms with E-state index in [1.807, 2.05) is 30.3 Å². The predicted octanol–water partition coefficient (Wildman–Crippen LogP) is 5.06. The van der Waals surface area contributed by atoms with E-state index in [1.165, 1.54) is 6.07 Å². The van der Waals surface area contributed by atoms with E-state index in [-0.39, 0.29) is 5.02 Å². The van der Waals surface area contributed by atoms with Crippen molar-refractivity contribution in [2.24, 2.45) is 5.92 Å². The summed E-state index contributed by atoms with van der Waals surface area (Å²) in [5, 5.41) is 2.18. The molecule has 7 nitrogen and oxygen atoms in total. The zero-order valence-corrected chi connectivity index (χ0v) is 19.8. The lowest BCUT2D eigenvalue weighted by Crippen LogP contribution is -2.37. The number of hydrogen-bond acceptors (Lipinski definition) is 6. The lowest BCUT2D eigenvalue weighted by molar-refractivity contribution is -0.126. The Morgan fingerprint density at radius 3 is 2.26 bits per heavy atom. The summed E-state index contributed by atoms with van der Waals surface area (Å²) < 4.78 is 11.0. The molecule has 0 saturated carbocycles. The summed E-state index contributed by atoms with van der Waals surface area (Å²) in [5.41, 5.74) is 1.70. The minimum absolute atomic E-state index is 0.245. The van der Waals surface area contributed by atoms with Crippen LogP contribution >= 0.6 is 23.2 Å². The normalized spacial score (nSPS) is 21.7. The van der Waals surface area contributed by atoms with Crippen molar-refractivity contribution in [2.45, 2.75) is 12.1 Å². The summed E-state index contributed by atoms with van der Waals surface area (Å²) in [6, 6.07) is 18.6. The highest BCUT2D eigenvalue weighted by molar-refractivity contribution is 6.42. The molecule has 2 aliphatic rings. The number of hydrogen-bond donors (Lipinski definition) is 0. The molecule has 0 radical (unpaired) electrons. The molecular weight excluding hydrogens is 479 g/mol. The van der Waals surface area contributed by atoms with Crippen molar-refractivity contribution < 1.29 is 23.9 Å². The summed E-state index contributed by atoms with van der Waals surface area (Å²) in [5.74, 6) is -0.571. The number of imide groups is 1. The molecule has 0 aromatic heterocycles. The first-order valence-corrected chi connectivity index (χ1v) is 11.3. The largest absolute Gasteiger partial charge is 0.497 e. The van der Waals surface area contributed by atoms with Gasteiger partial charge in [-0.05, 0) is 48.5 Å². The summed E-state index contributed by atoms with van der Waals surface area (Å²) in [6.07, 6.45) is -1.02. The van der Waals surface area contributed by atoms with Gasteiger partial charge in [-0.15, -0.1) is 0 Å². The fourth-order valence-electron chi connectivity index (χ4n) is 4.48. The molecule has 5 rings (SSSR count). The Morgan fingerprint density at radius 1 is 0.824 bits per heavy atom. The maximum absolute atomic E-state index is 13.8. The number of para-hydroxylation sites is 1. The average Bonchev–Trinajstić information content (AvgIpc) is 3.37. The zero-order valence-electron chi connectivity index (χ0n) is 18.3. The topological polar surface area (TPSA) is 68.3 Å². The monoisotopic (exact) mass is 498 g/mol. The average molecular weight is 499 g/mol. The van der Waals surface area contributed by atoms with Crippen molar-refractivity contribution in [3.05, 3.63) is 82.3 Å². The number of nitrogens with zero attached hydrogens (tertiary/aromatic N) is 2. The van der Waals surface area contributed by atoms with Gasteiger partial charge in [0.15, 0.2) is 6.10 Å². The molecule has 34 heavy (non-hydrogen) atoms. The van der Waals surface area contributed by atoms with Crippen LogP contribution in [-0.4, -0.2) is 32.1 Å². The highest BCUT2D eigenvalue weighted by atomic mass is 35.5. The fourth-order valence-corrected chi connectivity index (χ4v) is 4.77. The maximum atomic E-state index is 13.8. The van der Waals surface area contributed by atoms with Gasteiger partial charge in [0.25, 0.3) is 5.91 Å². The molecule has 0 spiro atoms. The second kappa shape index (κ2) is 8.83. The molecule has 0 unspecified atom stereocenters. The molecular formula is C25H20Cl2N2O5. The van der Waals surface area contributed by atoms with E-state index in [4.69, 9.17) is 37.5 Å². The lowest BCUT2D eigenvalue weighted by atomic mass is 9.89. The second-order valence-corrected chi connectivity index (χ2v) is 8.69. The number of halogens is 2. The van der Waals surface area contributed by atoms with Crippen LogP contribution in [0.4, 0.5) is 11.4 Å². The lowest BCUT2D eigenvalue weighted by Gasteiger charge is -2.29. The molecule has 2 heterocycles. The van der Waals surface area contributed by atoms with E-state index in [0.29, 0.717) is 33.5 Å². The van der Waals surface area contributed by atoms with E-state index >= 15 is 0 Å². The SMILES string of the molecule is COc1ccc(OC)c([C@H]2[C@H]3C(=O)N(c4ccc(Cl)c(Cl)c4)C(=O)[C@H]3ON2c2ccccc2)c1. The van der Waals surface area contributed by atoms with E-state index in [9.17, 15) is 9.59 Å². The summed E-state index contributed by atoms with van der Waals surface area (Å²) in [6.45, 7) is 0. The number of benzene rings is 3. The third kappa shape index (κ3) is 3.57. The number of fused-ring (bicyclic) bond motifs is 1. The molecule has 2 amide bonds. The number of carbonyl (C=O) groups is 2. The van der Waals surface area contributed by atoms with Crippen LogP contribution in [-0.2, 0) is 14.4 Å². The number of methoxy groups -OCH3 is 2. The minimum Gasteiger partial charge on any atom is -0.497 e. The number of carbonyl (C=O) groups excluding carboxylic acids is 2. The van der Waals surface area contributed by atoms with Crippen molar-refractivity contribution in [2.75, 3.05) is 24.2 Å². The van der Waals surface area contributed by atoms with Gasteiger partial charge < -0.3 is 9.47 Å². The molecule has 0 bridgehead atoms. The van der Waals surface area contributed by atoms with Crippen molar-refractivity contribution in [1.82, 2.24) is 0 Å². The first kappa shape index (κ1) is 22.5. The number of amides is 2. The Balaban J connectivity index is 1.64. The van der Waals surface area contributed by atoms with Gasteiger partial charge in [-0.1, -0.05) is 41.4 Å². The van der Waals surface area contributed by atoms with Crippen LogP contribution in [0.2, 0.25) is 10.0 Å². The molecule has 3 aromatic rings. The Hall–Kier alpha value is -3.26. The number of hydroxylamine groups is 1. The molecule has 174 valence electrons. The van der Waals surface area contributed by atoms with Crippen LogP contribution in [0.1, 0.15) is 11.6 Å². The number of rotatable bonds is 5. The van der Waals surface area contributed by atoms with Crippen molar-refractivity contribution in [1.29, 1.82) is 0 Å². The van der Waals surface area contributed by atoms with Crippen LogP contribution in [0, 0.1) is 5.92 Å². The highest BCUT2D eigenvalue weighted by Gasteiger charge is 2.60. The van der Waals surface area contributed by atoms with E-state index in [0.717, 1.165) is 4.90 Å². The van der Waals surface area contributed by atoms with Gasteiger partial charge >= 0.3 is 0 Å². The predicted molar refractivity (Wildman–Crippen MR) is 129 cm³/mol. The number of ether oxygens (including phenoxy) is 2. The van der Waals surface area contributed by atoms with Gasteiger partial charge in [0.05, 0.1) is 35.6 Å². The number of anilines is 2. The zero-order chi connectivity index (χ0) is 24.0. The molecule has 2 fully saturated rings. The third-order valence-electron chi connectivity index (χ3n) is 6.04. The van der Waals surface area contributed by atoms with E-state index in [2.05, 4.69) is 0 Å². The first-order valence-electron chi connectivity index (χ1n) is 10.5. The molecule has 2 aliphatic heterocycles. The molecule has 2 saturated heterocycles. The second-order valence-electron chi connectivity index (χ2n) is 7.88. The van der Waals surface area contributed by atoms with Gasteiger partial charge in [-0.3, -0.25) is 14.4 Å². The summed E-state index contributed by atoms with van der Waals surface area (Å²) >= 11 is 12.2. The van der Waals surface area contributed by atoms with Crippen LogP contribution in [0.15, 0.2) is 66.7 Å². The Kier molecular flexibility index (Phi) is 5.85. The van der Waals surface area contributed by atoms with Gasteiger partial charge in [0.2, 0.25) is 5.91 Å². The van der Waals surface area contributed by atoms with Gasteiger partial charge in [-0.2, -0.15) is 0 Å². The van der Waals surface area contributed by atoms with Gasteiger partial charge in [0, 0.05) is 5.56 Å². The molecule has 3 aromatic carbocycles. The van der Waals surface area contributed by atoms with Crippen molar-refractivity contribution in [3.8, 4) is 11.5 Å². The van der Waals surface area contributed by atoms with Crippen LogP contribution in [0.3, 0.4) is 0 Å². The van der Waals surface area contributed by atoms with Crippen molar-refractivity contribution in [3.63, 3.8) is 0 Å². The molecule has 3 atom stereocenters. The fraction of sp³-hybridized carbons (Fsp3) is 0.200. The van der Waals surface area contributed by atoms with Crippen molar-refractivity contribution >= 4 is 46.4 Å². The molecule has 0 N–H and O–H groups in total. The first-order chi connectivity index (χ1) is 16.4. The Morgan fingerprint density at radius 2 is 1.59 bits per heavy atom. The quantitative estimate of drug-likeness (QED) is 0.458. The maximum Gasteiger partial charge on any atom is 0.266 e. The molecule has 9 heteroatoms. The van der Waals surface area contributed by atoms with Gasteiger partial charge in [0.1, 0.15) is 23.5 Å². The molecule has 0 aliphatic carbocycles.